The van der Waals surface area contributed by atoms with Gasteiger partial charge in [-0.15, -0.1) is 0 Å². The monoisotopic (exact) mass is 466 g/mol. The lowest BCUT2D eigenvalue weighted by Gasteiger charge is -2.36. The minimum absolute atomic E-state index is 0.0486. The van der Waals surface area contributed by atoms with Crippen LogP contribution >= 0.6 is 11.6 Å². The molecule has 2 aliphatic rings. The molecule has 176 valence electrons. The van der Waals surface area contributed by atoms with E-state index in [0.29, 0.717) is 35.9 Å². The third-order valence-electron chi connectivity index (χ3n) is 6.76. The van der Waals surface area contributed by atoms with Crippen LogP contribution in [0.5, 0.6) is 0 Å². The standard InChI is InChI=1S/C23H32ClFN4O3/c1-31-13-7-22(30)26-17-4-2-16(3-5-17)6-8-28-9-11-29(12-10-28)23-18-14-20(25)19(24)15-21(18)32-27-23/h14-17H,2-13H2,1H3,(H,26,30)/t16-,17-. The molecule has 1 N–H and O–H groups in total. The first-order chi connectivity index (χ1) is 15.5. The van der Waals surface area contributed by atoms with Crippen LogP contribution in [0.3, 0.4) is 0 Å². The van der Waals surface area contributed by atoms with E-state index in [1.54, 1.807) is 7.11 Å². The Hall–Kier alpha value is -1.90. The second-order valence-corrected chi connectivity index (χ2v) is 9.32. The summed E-state index contributed by atoms with van der Waals surface area (Å²) in [5.41, 5.74) is 0.513. The highest BCUT2D eigenvalue weighted by atomic mass is 35.5. The van der Waals surface area contributed by atoms with E-state index in [-0.39, 0.29) is 10.9 Å². The van der Waals surface area contributed by atoms with Gasteiger partial charge in [0.15, 0.2) is 11.4 Å². The molecule has 0 atom stereocenters. The summed E-state index contributed by atoms with van der Waals surface area (Å²) in [6.45, 7) is 5.16. The number of fused-ring (bicyclic) bond motifs is 1. The number of methoxy groups -OCH3 is 1. The van der Waals surface area contributed by atoms with Crippen LogP contribution in [-0.4, -0.2) is 68.4 Å². The Morgan fingerprint density at radius 2 is 2.00 bits per heavy atom. The summed E-state index contributed by atoms with van der Waals surface area (Å²) in [6, 6.07) is 3.21. The number of rotatable bonds is 8. The Labute approximate surface area is 193 Å². The number of carbonyl (C=O) groups excluding carboxylic acids is 1. The van der Waals surface area contributed by atoms with Crippen LogP contribution in [0.15, 0.2) is 16.7 Å². The molecular formula is C23H32ClFN4O3. The number of carbonyl (C=O) groups is 1. The molecule has 2 aromatic rings. The van der Waals surface area contributed by atoms with Crippen LogP contribution in [0, 0.1) is 11.7 Å². The molecule has 9 heteroatoms. The average molecular weight is 467 g/mol. The first-order valence-electron chi connectivity index (χ1n) is 11.5. The zero-order valence-corrected chi connectivity index (χ0v) is 19.4. The SMILES string of the molecule is COCCC(=O)N[C@H]1CC[C@H](CCN2CCN(c3noc4cc(Cl)c(F)cc34)CC2)CC1. The quantitative estimate of drug-likeness (QED) is 0.637. The second-order valence-electron chi connectivity index (χ2n) is 8.91. The van der Waals surface area contributed by atoms with Crippen LogP contribution < -0.4 is 10.2 Å². The summed E-state index contributed by atoms with van der Waals surface area (Å²) in [7, 11) is 1.62. The zero-order chi connectivity index (χ0) is 22.5. The fourth-order valence-electron chi connectivity index (χ4n) is 4.79. The van der Waals surface area contributed by atoms with Gasteiger partial charge in [-0.3, -0.25) is 9.69 Å². The molecule has 1 amide bonds. The maximum Gasteiger partial charge on any atom is 0.222 e. The minimum Gasteiger partial charge on any atom is -0.384 e. The van der Waals surface area contributed by atoms with Gasteiger partial charge in [0.2, 0.25) is 5.91 Å². The number of anilines is 1. The zero-order valence-electron chi connectivity index (χ0n) is 18.6. The van der Waals surface area contributed by atoms with E-state index in [1.807, 2.05) is 0 Å². The lowest BCUT2D eigenvalue weighted by Crippen LogP contribution is -2.47. The minimum atomic E-state index is -0.452. The number of benzene rings is 1. The molecule has 2 fully saturated rings. The number of amides is 1. The number of nitrogens with zero attached hydrogens (tertiary/aromatic N) is 3. The molecule has 32 heavy (non-hydrogen) atoms. The molecule has 2 heterocycles. The Kier molecular flexibility index (Phi) is 7.86. The summed E-state index contributed by atoms with van der Waals surface area (Å²) in [5, 5.41) is 8.02. The molecule has 0 radical (unpaired) electrons. The summed E-state index contributed by atoms with van der Waals surface area (Å²) in [4.78, 5) is 16.5. The van der Waals surface area contributed by atoms with Crippen molar-refractivity contribution in [2.45, 2.75) is 44.6 Å². The molecule has 1 aromatic heterocycles. The second kappa shape index (κ2) is 10.8. The number of piperazine rings is 1. The summed E-state index contributed by atoms with van der Waals surface area (Å²) in [6.07, 6.45) is 6.12. The number of hydrogen-bond donors (Lipinski definition) is 1. The largest absolute Gasteiger partial charge is 0.384 e. The molecule has 1 aliphatic heterocycles. The van der Waals surface area contributed by atoms with Crippen LogP contribution in [0.4, 0.5) is 10.2 Å². The lowest BCUT2D eigenvalue weighted by atomic mass is 9.84. The lowest BCUT2D eigenvalue weighted by molar-refractivity contribution is -0.122. The molecule has 7 nitrogen and oxygen atoms in total. The highest BCUT2D eigenvalue weighted by molar-refractivity contribution is 6.31. The number of halogens is 2. The summed E-state index contributed by atoms with van der Waals surface area (Å²) in [5.74, 6) is 1.07. The van der Waals surface area contributed by atoms with Crippen molar-refractivity contribution >= 4 is 34.3 Å². The van der Waals surface area contributed by atoms with Crippen LogP contribution in [0.2, 0.25) is 5.02 Å². The molecule has 1 saturated carbocycles. The molecule has 0 spiro atoms. The van der Waals surface area contributed by atoms with Gasteiger partial charge in [-0.25, -0.2) is 4.39 Å². The van der Waals surface area contributed by atoms with Gasteiger partial charge < -0.3 is 19.5 Å². The predicted molar refractivity (Wildman–Crippen MR) is 123 cm³/mol. The van der Waals surface area contributed by atoms with Gasteiger partial charge in [-0.1, -0.05) is 16.8 Å². The van der Waals surface area contributed by atoms with E-state index in [9.17, 15) is 9.18 Å². The third kappa shape index (κ3) is 5.71. The smallest absolute Gasteiger partial charge is 0.222 e. The van der Waals surface area contributed by atoms with Crippen molar-refractivity contribution in [3.8, 4) is 0 Å². The van der Waals surface area contributed by atoms with Crippen LogP contribution in [0.25, 0.3) is 11.0 Å². The molecule has 1 saturated heterocycles. The van der Waals surface area contributed by atoms with E-state index in [2.05, 4.69) is 20.3 Å². The first kappa shape index (κ1) is 23.3. The van der Waals surface area contributed by atoms with Gasteiger partial charge in [-0.05, 0) is 50.6 Å². The van der Waals surface area contributed by atoms with Crippen molar-refractivity contribution < 1.29 is 18.4 Å². The van der Waals surface area contributed by atoms with Crippen molar-refractivity contribution in [1.29, 1.82) is 0 Å². The third-order valence-corrected chi connectivity index (χ3v) is 7.05. The molecule has 1 aliphatic carbocycles. The van der Waals surface area contributed by atoms with E-state index >= 15 is 0 Å². The van der Waals surface area contributed by atoms with Crippen molar-refractivity contribution in [3.05, 3.63) is 23.0 Å². The van der Waals surface area contributed by atoms with Crippen molar-refractivity contribution in [2.75, 3.05) is 51.3 Å². The van der Waals surface area contributed by atoms with Crippen molar-refractivity contribution in [2.24, 2.45) is 5.92 Å². The fourth-order valence-corrected chi connectivity index (χ4v) is 4.94. The topological polar surface area (TPSA) is 70.8 Å². The van der Waals surface area contributed by atoms with Crippen molar-refractivity contribution in [3.63, 3.8) is 0 Å². The van der Waals surface area contributed by atoms with Crippen molar-refractivity contribution in [1.82, 2.24) is 15.4 Å². The average Bonchev–Trinajstić information content (AvgIpc) is 3.20. The maximum absolute atomic E-state index is 13.9. The Bertz CT molecular complexity index is 908. The van der Waals surface area contributed by atoms with E-state index < -0.39 is 5.82 Å². The number of nitrogens with one attached hydrogen (secondary N) is 1. The Morgan fingerprint density at radius 1 is 1.25 bits per heavy atom. The van der Waals surface area contributed by atoms with Gasteiger partial charge in [0, 0.05) is 51.8 Å². The fraction of sp³-hybridized carbons (Fsp3) is 0.652. The molecule has 4 rings (SSSR count). The normalized spacial score (nSPS) is 22.4. The van der Waals surface area contributed by atoms with E-state index in [4.69, 9.17) is 20.9 Å². The summed E-state index contributed by atoms with van der Waals surface area (Å²) >= 11 is 5.84. The number of hydrogen-bond acceptors (Lipinski definition) is 6. The van der Waals surface area contributed by atoms with Gasteiger partial charge in [0.1, 0.15) is 5.82 Å². The van der Waals surface area contributed by atoms with Crippen LogP contribution in [0.1, 0.15) is 38.5 Å². The Balaban J connectivity index is 1.18. The maximum atomic E-state index is 13.9. The summed E-state index contributed by atoms with van der Waals surface area (Å²) < 4.78 is 24.2. The molecule has 1 aromatic carbocycles. The van der Waals surface area contributed by atoms with E-state index in [1.165, 1.54) is 31.4 Å². The molecule has 0 bridgehead atoms. The van der Waals surface area contributed by atoms with E-state index in [0.717, 1.165) is 51.5 Å². The highest BCUT2D eigenvalue weighted by Gasteiger charge is 2.25. The van der Waals surface area contributed by atoms with Gasteiger partial charge >= 0.3 is 0 Å². The number of aromatic nitrogens is 1. The van der Waals surface area contributed by atoms with Gasteiger partial charge in [-0.2, -0.15) is 0 Å². The van der Waals surface area contributed by atoms with Crippen LogP contribution in [-0.2, 0) is 9.53 Å². The molecular weight excluding hydrogens is 435 g/mol. The molecule has 0 unspecified atom stereocenters. The van der Waals surface area contributed by atoms with Gasteiger partial charge in [0.05, 0.1) is 17.0 Å². The number of ether oxygens (including phenoxy) is 1. The predicted octanol–water partition coefficient (Wildman–Crippen LogP) is 3.84. The Morgan fingerprint density at radius 3 is 2.72 bits per heavy atom. The van der Waals surface area contributed by atoms with Gasteiger partial charge in [0.25, 0.3) is 0 Å². The first-order valence-corrected chi connectivity index (χ1v) is 11.9. The highest BCUT2D eigenvalue weighted by Crippen LogP contribution is 2.31.